The predicted octanol–water partition coefficient (Wildman–Crippen LogP) is 9.60. The second-order valence-electron chi connectivity index (χ2n) is 18.1. The lowest BCUT2D eigenvalue weighted by Gasteiger charge is -2.56. The SMILES string of the molecule is CC(C)(C)OC(=O)Nc1sc2c(F)ccc(-c3c(Cl)cc4c(N5CCC6(CC5)CCN6C(=O)OC(C)(C)C)nc(OC[C@@]56CCCN5C[C@H](F)C6)nc4c3F)c2c1C#N. The second kappa shape index (κ2) is 14.8. The number of hydrogen-bond acceptors (Lipinski definition) is 11. The molecule has 0 unspecified atom stereocenters. The number of benzene rings is 2. The van der Waals surface area contributed by atoms with E-state index in [4.69, 9.17) is 30.8 Å². The molecule has 4 aliphatic rings. The van der Waals surface area contributed by atoms with E-state index in [1.807, 2.05) is 25.7 Å². The molecule has 2 aromatic carbocycles. The summed E-state index contributed by atoms with van der Waals surface area (Å²) >= 11 is 7.81. The number of fused-ring (bicyclic) bond motifs is 3. The molecule has 8 rings (SSSR count). The fraction of sp³-hybridized carbons (Fsp3) is 0.548. The molecule has 0 radical (unpaired) electrons. The molecule has 2 atom stereocenters. The molecule has 2 amide bonds. The third-order valence-corrected chi connectivity index (χ3v) is 13.3. The minimum atomic E-state index is -0.982. The van der Waals surface area contributed by atoms with Crippen molar-refractivity contribution >= 4 is 66.9 Å². The van der Waals surface area contributed by atoms with Gasteiger partial charge in [0.05, 0.1) is 26.4 Å². The summed E-state index contributed by atoms with van der Waals surface area (Å²) < 4.78 is 65.0. The topological polar surface area (TPSA) is 133 Å². The molecule has 0 aliphatic carbocycles. The zero-order valence-electron chi connectivity index (χ0n) is 33.9. The van der Waals surface area contributed by atoms with Crippen LogP contribution in [0.5, 0.6) is 6.01 Å². The molecule has 59 heavy (non-hydrogen) atoms. The number of anilines is 2. The van der Waals surface area contributed by atoms with Crippen molar-refractivity contribution in [3.8, 4) is 23.2 Å². The van der Waals surface area contributed by atoms with E-state index >= 15 is 8.78 Å². The highest BCUT2D eigenvalue weighted by molar-refractivity contribution is 7.23. The summed E-state index contributed by atoms with van der Waals surface area (Å²) in [5.41, 5.74) is -2.59. The van der Waals surface area contributed by atoms with Crippen LogP contribution in [-0.2, 0) is 9.47 Å². The van der Waals surface area contributed by atoms with Gasteiger partial charge in [-0.25, -0.2) is 22.8 Å². The van der Waals surface area contributed by atoms with Crippen molar-refractivity contribution in [1.29, 1.82) is 5.26 Å². The maximum Gasteiger partial charge on any atom is 0.412 e. The van der Waals surface area contributed by atoms with Crippen LogP contribution in [0.15, 0.2) is 18.2 Å². The van der Waals surface area contributed by atoms with Crippen molar-refractivity contribution in [1.82, 2.24) is 19.8 Å². The van der Waals surface area contributed by atoms with E-state index < -0.39 is 40.6 Å². The van der Waals surface area contributed by atoms with Gasteiger partial charge >= 0.3 is 18.2 Å². The van der Waals surface area contributed by atoms with Gasteiger partial charge in [0.15, 0.2) is 5.82 Å². The van der Waals surface area contributed by atoms with Gasteiger partial charge in [0.25, 0.3) is 0 Å². The zero-order chi connectivity index (χ0) is 42.2. The van der Waals surface area contributed by atoms with Crippen molar-refractivity contribution in [2.45, 2.75) is 109 Å². The molecule has 1 N–H and O–H groups in total. The van der Waals surface area contributed by atoms with E-state index in [1.165, 1.54) is 6.07 Å². The molecule has 4 saturated heterocycles. The number of alkyl halides is 1. The van der Waals surface area contributed by atoms with Crippen LogP contribution in [-0.4, -0.2) is 99.7 Å². The molecule has 0 saturated carbocycles. The van der Waals surface area contributed by atoms with Gasteiger partial charge in [0.2, 0.25) is 0 Å². The smallest absolute Gasteiger partial charge is 0.412 e. The number of nitrogens with one attached hydrogen (secondary N) is 1. The lowest BCUT2D eigenvalue weighted by atomic mass is 9.76. The van der Waals surface area contributed by atoms with Crippen LogP contribution in [0.2, 0.25) is 5.02 Å². The summed E-state index contributed by atoms with van der Waals surface area (Å²) in [5, 5.41) is 13.3. The van der Waals surface area contributed by atoms with Gasteiger partial charge in [-0.3, -0.25) is 10.2 Å². The Morgan fingerprint density at radius 3 is 2.41 bits per heavy atom. The molecule has 4 fully saturated rings. The van der Waals surface area contributed by atoms with Gasteiger partial charge in [0, 0.05) is 48.9 Å². The van der Waals surface area contributed by atoms with Gasteiger partial charge in [-0.1, -0.05) is 17.7 Å². The summed E-state index contributed by atoms with van der Waals surface area (Å²) in [6.07, 6.45) is 1.84. The Hall–Kier alpha value is -4.59. The Labute approximate surface area is 349 Å². The van der Waals surface area contributed by atoms with E-state index in [0.29, 0.717) is 56.6 Å². The third kappa shape index (κ3) is 7.59. The highest BCUT2D eigenvalue weighted by Crippen LogP contribution is 2.48. The maximum absolute atomic E-state index is 17.5. The number of halogens is 4. The Morgan fingerprint density at radius 1 is 1.03 bits per heavy atom. The van der Waals surface area contributed by atoms with E-state index in [2.05, 4.69) is 21.3 Å². The molecule has 12 nitrogen and oxygen atoms in total. The lowest BCUT2D eigenvalue weighted by molar-refractivity contribution is -0.0542. The quantitative estimate of drug-likeness (QED) is 0.200. The largest absolute Gasteiger partial charge is 0.461 e. The predicted molar refractivity (Wildman–Crippen MR) is 220 cm³/mol. The van der Waals surface area contributed by atoms with E-state index in [0.717, 1.165) is 43.2 Å². The van der Waals surface area contributed by atoms with Crippen molar-refractivity contribution < 1.29 is 37.0 Å². The Kier molecular flexibility index (Phi) is 10.4. The van der Waals surface area contributed by atoms with Gasteiger partial charge in [0.1, 0.15) is 52.2 Å². The molecule has 6 heterocycles. The number of likely N-dealkylation sites (tertiary alicyclic amines) is 1. The number of carbonyl (C=O) groups excluding carboxylic acids is 2. The van der Waals surface area contributed by atoms with E-state index in [-0.39, 0.29) is 66.6 Å². The average Bonchev–Trinajstić information content (AvgIpc) is 3.79. The van der Waals surface area contributed by atoms with Gasteiger partial charge in [-0.05, 0) is 97.9 Å². The molecule has 2 aromatic heterocycles. The van der Waals surface area contributed by atoms with Gasteiger partial charge < -0.3 is 24.0 Å². The molecular weight excluding hydrogens is 807 g/mol. The first-order valence-electron chi connectivity index (χ1n) is 19.9. The van der Waals surface area contributed by atoms with Crippen molar-refractivity contribution in [2.24, 2.45) is 0 Å². The van der Waals surface area contributed by atoms with Crippen molar-refractivity contribution in [3.63, 3.8) is 0 Å². The number of amides is 2. The molecule has 1 spiro atoms. The number of thiophene rings is 1. The number of nitriles is 1. The van der Waals surface area contributed by atoms with Crippen LogP contribution >= 0.6 is 22.9 Å². The summed E-state index contributed by atoms with van der Waals surface area (Å²) in [6.45, 7) is 13.3. The third-order valence-electron chi connectivity index (χ3n) is 11.8. The first kappa shape index (κ1) is 41.2. The van der Waals surface area contributed by atoms with Gasteiger partial charge in [-0.15, -0.1) is 11.3 Å². The number of piperidine rings is 1. The Bertz CT molecular complexity index is 2400. The number of hydrogen-bond donors (Lipinski definition) is 1. The number of aromatic nitrogens is 2. The standard InChI is InChI=1S/C42H47ClF3N7O5S/c1-39(2,3)57-37(54)50-35-26(20-47)29-24(8-9-28(45)33(29)59-35)30-27(43)18-25-32(31(30)46)48-36(56-22-42-10-7-14-52(42)21-23(44)19-42)49-34(25)51-15-11-41(12-16-51)13-17-53(41)38(55)58-40(4,5)6/h8-9,18,23H,7,10-17,19,21-22H2,1-6H3,(H,50,54)/t23-,42+/m1/s1. The highest BCUT2D eigenvalue weighted by atomic mass is 35.5. The fourth-order valence-electron chi connectivity index (χ4n) is 9.13. The molecular formula is C42H47ClF3N7O5S. The van der Waals surface area contributed by atoms with Crippen LogP contribution in [0.25, 0.3) is 32.1 Å². The van der Waals surface area contributed by atoms with Crippen molar-refractivity contribution in [2.75, 3.05) is 49.5 Å². The van der Waals surface area contributed by atoms with Crippen molar-refractivity contribution in [3.05, 3.63) is 40.4 Å². The normalized spacial score (nSPS) is 21.7. The lowest BCUT2D eigenvalue weighted by Crippen LogP contribution is -2.66. The van der Waals surface area contributed by atoms with E-state index in [1.54, 1.807) is 31.7 Å². The van der Waals surface area contributed by atoms with Crippen LogP contribution in [0, 0.1) is 23.0 Å². The van der Waals surface area contributed by atoms with E-state index in [9.17, 15) is 19.2 Å². The molecule has 0 bridgehead atoms. The minimum Gasteiger partial charge on any atom is -0.461 e. The Morgan fingerprint density at radius 2 is 1.75 bits per heavy atom. The second-order valence-corrected chi connectivity index (χ2v) is 19.5. The summed E-state index contributed by atoms with van der Waals surface area (Å²) in [4.78, 5) is 41.2. The zero-order valence-corrected chi connectivity index (χ0v) is 35.5. The minimum absolute atomic E-state index is 0.00911. The average molecular weight is 854 g/mol. The van der Waals surface area contributed by atoms with Gasteiger partial charge in [-0.2, -0.15) is 15.2 Å². The van der Waals surface area contributed by atoms with Crippen LogP contribution in [0.4, 0.5) is 33.6 Å². The number of nitrogens with zero attached hydrogens (tertiary/aromatic N) is 6. The molecule has 4 aromatic rings. The summed E-state index contributed by atoms with van der Waals surface area (Å²) in [6, 6.07) is 6.02. The monoisotopic (exact) mass is 853 g/mol. The number of ether oxygens (including phenoxy) is 3. The highest BCUT2D eigenvalue weighted by Gasteiger charge is 2.51. The summed E-state index contributed by atoms with van der Waals surface area (Å²) in [7, 11) is 0. The number of rotatable bonds is 6. The molecule has 17 heteroatoms. The number of carbonyl (C=O) groups is 2. The Balaban J connectivity index is 1.20. The molecule has 4 aliphatic heterocycles. The first-order valence-corrected chi connectivity index (χ1v) is 21.1. The van der Waals surface area contributed by atoms with Crippen LogP contribution < -0.4 is 15.0 Å². The fourth-order valence-corrected chi connectivity index (χ4v) is 10.5. The van der Waals surface area contributed by atoms with Crippen LogP contribution in [0.3, 0.4) is 0 Å². The van der Waals surface area contributed by atoms with Crippen LogP contribution in [0.1, 0.15) is 85.6 Å². The summed E-state index contributed by atoms with van der Waals surface area (Å²) in [5.74, 6) is -1.14. The first-order chi connectivity index (χ1) is 27.8. The molecule has 314 valence electrons. The maximum atomic E-state index is 17.5.